The molecule has 2 aliphatic rings. The van der Waals surface area contributed by atoms with Crippen molar-refractivity contribution in [1.29, 1.82) is 0 Å². The Morgan fingerprint density at radius 2 is 1.87 bits per heavy atom. The van der Waals surface area contributed by atoms with Crippen molar-refractivity contribution in [2.75, 3.05) is 11.9 Å². The number of benzene rings is 2. The second-order valence-electron chi connectivity index (χ2n) is 8.23. The van der Waals surface area contributed by atoms with Crippen LogP contribution in [0.5, 0.6) is 0 Å². The van der Waals surface area contributed by atoms with E-state index in [0.717, 1.165) is 23.1 Å². The molecule has 1 atom stereocenters. The van der Waals surface area contributed by atoms with Crippen LogP contribution in [0.15, 0.2) is 42.5 Å². The first kappa shape index (κ1) is 21.4. The molecule has 0 radical (unpaired) electrons. The number of imide groups is 1. The lowest BCUT2D eigenvalue weighted by atomic mass is 9.95. The van der Waals surface area contributed by atoms with Gasteiger partial charge >= 0.3 is 6.03 Å². The maximum atomic E-state index is 12.8. The molecule has 0 spiro atoms. The molecule has 1 saturated heterocycles. The van der Waals surface area contributed by atoms with E-state index in [4.69, 9.17) is 11.6 Å². The van der Waals surface area contributed by atoms with E-state index in [0.29, 0.717) is 49.5 Å². The highest BCUT2D eigenvalue weighted by Crippen LogP contribution is 2.30. The molecule has 2 aliphatic heterocycles. The smallest absolute Gasteiger partial charge is 0.325 e. The van der Waals surface area contributed by atoms with Crippen LogP contribution in [0.4, 0.5) is 10.5 Å². The number of carbonyl (C=O) groups is 3. The molecular weight excluding hydrogens is 414 g/mol. The molecule has 4 amide bonds. The largest absolute Gasteiger partial charge is 0.327 e. The van der Waals surface area contributed by atoms with Crippen molar-refractivity contribution in [3.63, 3.8) is 0 Å². The summed E-state index contributed by atoms with van der Waals surface area (Å²) in [5.74, 6) is -0.194. The van der Waals surface area contributed by atoms with Crippen LogP contribution in [0, 0.1) is 6.92 Å². The van der Waals surface area contributed by atoms with Crippen LogP contribution in [0.25, 0.3) is 0 Å². The number of carbonyl (C=O) groups excluding carboxylic acids is 3. The third-order valence-corrected chi connectivity index (χ3v) is 6.27. The molecule has 2 aromatic rings. The monoisotopic (exact) mass is 439 g/mol. The standard InChI is InChI=1S/C24H26ClN3O3/c1-16-10-11-20(19(25)13-16)26-22(29)9-3-2-6-12-27-23(30)21-14-17-7-4-5-8-18(17)15-28(21)24(27)31/h4-5,7-8,10-11,13,21H,2-3,6,9,12,14-15H2,1H3,(H,26,29)/t21-/m0/s1. The SMILES string of the molecule is Cc1ccc(NC(=O)CCCCCN2C(=O)[C@@H]3Cc4ccccc4CN3C2=O)c(Cl)c1. The van der Waals surface area contributed by atoms with Gasteiger partial charge in [0.2, 0.25) is 5.91 Å². The number of hydrogen-bond donors (Lipinski definition) is 1. The summed E-state index contributed by atoms with van der Waals surface area (Å²) in [4.78, 5) is 40.7. The molecule has 4 rings (SSSR count). The fourth-order valence-corrected chi connectivity index (χ4v) is 4.53. The number of unbranched alkanes of at least 4 members (excludes halogenated alkanes) is 2. The molecule has 0 bridgehead atoms. The number of hydrogen-bond acceptors (Lipinski definition) is 3. The van der Waals surface area contributed by atoms with E-state index >= 15 is 0 Å². The van der Waals surface area contributed by atoms with Crippen LogP contribution in [-0.4, -0.2) is 40.2 Å². The number of nitrogens with zero attached hydrogens (tertiary/aromatic N) is 2. The normalized spacial score (nSPS) is 17.5. The van der Waals surface area contributed by atoms with Crippen LogP contribution in [0.1, 0.15) is 42.4 Å². The summed E-state index contributed by atoms with van der Waals surface area (Å²) in [6, 6.07) is 12.9. The van der Waals surface area contributed by atoms with Crippen LogP contribution in [0.3, 0.4) is 0 Å². The van der Waals surface area contributed by atoms with Gasteiger partial charge in [-0.25, -0.2) is 4.79 Å². The van der Waals surface area contributed by atoms with Crippen LogP contribution < -0.4 is 5.32 Å². The third-order valence-electron chi connectivity index (χ3n) is 5.96. The molecule has 0 unspecified atom stereocenters. The summed E-state index contributed by atoms with van der Waals surface area (Å²) in [5, 5.41) is 3.36. The topological polar surface area (TPSA) is 69.7 Å². The van der Waals surface area contributed by atoms with Gasteiger partial charge in [0.25, 0.3) is 5.91 Å². The highest BCUT2D eigenvalue weighted by atomic mass is 35.5. The van der Waals surface area contributed by atoms with Crippen molar-refractivity contribution in [2.24, 2.45) is 0 Å². The molecule has 0 aliphatic carbocycles. The quantitative estimate of drug-likeness (QED) is 0.508. The van der Waals surface area contributed by atoms with Gasteiger partial charge in [0.15, 0.2) is 0 Å². The molecule has 2 aromatic carbocycles. The van der Waals surface area contributed by atoms with Crippen LogP contribution in [0.2, 0.25) is 5.02 Å². The first-order valence-electron chi connectivity index (χ1n) is 10.7. The number of aryl methyl sites for hydroxylation is 1. The van der Waals surface area contributed by atoms with Crippen molar-refractivity contribution in [3.05, 3.63) is 64.2 Å². The molecule has 1 N–H and O–H groups in total. The molecule has 6 nitrogen and oxygen atoms in total. The fraction of sp³-hybridized carbons (Fsp3) is 0.375. The Balaban J connectivity index is 1.22. The van der Waals surface area contributed by atoms with E-state index < -0.39 is 0 Å². The lowest BCUT2D eigenvalue weighted by Crippen LogP contribution is -2.39. The molecule has 2 heterocycles. The van der Waals surface area contributed by atoms with E-state index in [1.807, 2.05) is 43.3 Å². The Morgan fingerprint density at radius 3 is 2.65 bits per heavy atom. The second kappa shape index (κ2) is 9.10. The van der Waals surface area contributed by atoms with Crippen molar-refractivity contribution in [3.8, 4) is 0 Å². The zero-order valence-electron chi connectivity index (χ0n) is 17.6. The molecule has 1 fully saturated rings. The van der Waals surface area contributed by atoms with E-state index in [2.05, 4.69) is 5.32 Å². The number of halogens is 1. The molecule has 7 heteroatoms. The Morgan fingerprint density at radius 1 is 1.10 bits per heavy atom. The Labute approximate surface area is 187 Å². The average Bonchev–Trinajstić information content (AvgIpc) is 2.98. The minimum absolute atomic E-state index is 0.0889. The molecular formula is C24H26ClN3O3. The number of fused-ring (bicyclic) bond motifs is 2. The summed E-state index contributed by atoms with van der Waals surface area (Å²) in [6.45, 7) is 2.83. The molecule has 162 valence electrons. The number of rotatable bonds is 7. The first-order valence-corrected chi connectivity index (χ1v) is 11.1. The minimum atomic E-state index is -0.382. The highest BCUT2D eigenvalue weighted by Gasteiger charge is 2.46. The minimum Gasteiger partial charge on any atom is -0.325 e. The predicted molar refractivity (Wildman–Crippen MR) is 120 cm³/mol. The van der Waals surface area contributed by atoms with E-state index in [9.17, 15) is 14.4 Å². The van der Waals surface area contributed by atoms with Gasteiger partial charge in [-0.1, -0.05) is 48.4 Å². The Hall–Kier alpha value is -2.86. The van der Waals surface area contributed by atoms with Crippen LogP contribution in [-0.2, 0) is 22.6 Å². The summed E-state index contributed by atoms with van der Waals surface area (Å²) in [6.07, 6.45) is 3.08. The van der Waals surface area contributed by atoms with E-state index in [1.165, 1.54) is 4.90 Å². The number of urea groups is 1. The van der Waals surface area contributed by atoms with Gasteiger partial charge < -0.3 is 10.2 Å². The average molecular weight is 440 g/mol. The van der Waals surface area contributed by atoms with Gasteiger partial charge in [0.1, 0.15) is 6.04 Å². The van der Waals surface area contributed by atoms with Crippen molar-refractivity contribution < 1.29 is 14.4 Å². The summed E-state index contributed by atoms with van der Waals surface area (Å²) in [7, 11) is 0. The number of anilines is 1. The van der Waals surface area contributed by atoms with E-state index in [1.54, 1.807) is 11.0 Å². The van der Waals surface area contributed by atoms with Gasteiger partial charge in [0, 0.05) is 25.9 Å². The zero-order chi connectivity index (χ0) is 22.0. The third kappa shape index (κ3) is 4.59. The second-order valence-corrected chi connectivity index (χ2v) is 8.64. The van der Waals surface area contributed by atoms with Gasteiger partial charge in [-0.3, -0.25) is 14.5 Å². The van der Waals surface area contributed by atoms with E-state index in [-0.39, 0.29) is 23.9 Å². The van der Waals surface area contributed by atoms with Crippen molar-refractivity contribution in [1.82, 2.24) is 9.80 Å². The maximum Gasteiger partial charge on any atom is 0.327 e. The lowest BCUT2D eigenvalue weighted by Gasteiger charge is -2.28. The first-order chi connectivity index (χ1) is 14.9. The lowest BCUT2D eigenvalue weighted by molar-refractivity contribution is -0.128. The predicted octanol–water partition coefficient (Wildman–Crippen LogP) is 4.54. The maximum absolute atomic E-state index is 12.8. The van der Waals surface area contributed by atoms with Gasteiger partial charge in [0.05, 0.1) is 10.7 Å². The molecule has 0 aromatic heterocycles. The van der Waals surface area contributed by atoms with Gasteiger partial charge in [-0.05, 0) is 48.6 Å². The number of nitrogens with one attached hydrogen (secondary N) is 1. The molecule has 0 saturated carbocycles. The summed E-state index contributed by atoms with van der Waals surface area (Å²) >= 11 is 6.15. The summed E-state index contributed by atoms with van der Waals surface area (Å²) in [5.41, 5.74) is 3.91. The zero-order valence-corrected chi connectivity index (χ0v) is 18.3. The van der Waals surface area contributed by atoms with Gasteiger partial charge in [-0.2, -0.15) is 0 Å². The summed E-state index contributed by atoms with van der Waals surface area (Å²) < 4.78 is 0. The number of amides is 4. The Bertz CT molecular complexity index is 980. The Kier molecular flexibility index (Phi) is 6.28. The van der Waals surface area contributed by atoms with Crippen molar-refractivity contribution >= 4 is 35.1 Å². The fourth-order valence-electron chi connectivity index (χ4n) is 4.25. The highest BCUT2D eigenvalue weighted by molar-refractivity contribution is 6.33. The van der Waals surface area contributed by atoms with Gasteiger partial charge in [-0.15, -0.1) is 0 Å². The van der Waals surface area contributed by atoms with Crippen LogP contribution >= 0.6 is 11.6 Å². The molecule has 31 heavy (non-hydrogen) atoms. The van der Waals surface area contributed by atoms with Crippen molar-refractivity contribution in [2.45, 2.75) is 51.6 Å².